The van der Waals surface area contributed by atoms with Crippen molar-refractivity contribution in [1.82, 2.24) is 25.3 Å². The molecule has 1 saturated carbocycles. The summed E-state index contributed by atoms with van der Waals surface area (Å²) in [6.07, 6.45) is 6.36. The van der Waals surface area contributed by atoms with E-state index in [-0.39, 0.29) is 23.8 Å². The molecule has 3 fully saturated rings. The molecule has 8 nitrogen and oxygen atoms in total. The molecule has 2 N–H and O–H groups in total. The predicted octanol–water partition coefficient (Wildman–Crippen LogP) is 1.86. The van der Waals surface area contributed by atoms with Gasteiger partial charge in [0.25, 0.3) is 0 Å². The number of hydrogen-bond acceptors (Lipinski definition) is 7. The Morgan fingerprint density at radius 3 is 3.10 bits per heavy atom. The van der Waals surface area contributed by atoms with Crippen molar-refractivity contribution < 1.29 is 14.6 Å². The second-order valence-corrected chi connectivity index (χ2v) is 8.96. The van der Waals surface area contributed by atoms with Crippen LogP contribution in [-0.4, -0.2) is 50.4 Å². The van der Waals surface area contributed by atoms with Gasteiger partial charge >= 0.3 is 0 Å². The van der Waals surface area contributed by atoms with Crippen LogP contribution >= 0.6 is 0 Å². The number of nitrogens with one attached hydrogen (secondary N) is 1. The molecule has 156 valence electrons. The van der Waals surface area contributed by atoms with Gasteiger partial charge < -0.3 is 19.9 Å². The van der Waals surface area contributed by atoms with Crippen molar-refractivity contribution in [2.45, 2.75) is 50.0 Å². The molecule has 1 unspecified atom stereocenters. The number of hydrogen-bond donors (Lipinski definition) is 2. The Kier molecular flexibility index (Phi) is 3.93. The number of ether oxygens (including phenoxy) is 2. The third kappa shape index (κ3) is 2.67. The Bertz CT molecular complexity index is 1120. The maximum Gasteiger partial charge on any atom is 0.141 e. The molecule has 4 aliphatic rings. The molecular weight excluding hydrogens is 382 g/mol. The predicted molar refractivity (Wildman–Crippen MR) is 109 cm³/mol. The topological polar surface area (TPSA) is 94.3 Å². The maximum absolute atomic E-state index is 9.59. The van der Waals surface area contributed by atoms with Crippen molar-refractivity contribution in [2.75, 3.05) is 19.8 Å². The van der Waals surface area contributed by atoms with E-state index in [1.54, 1.807) is 0 Å². The fourth-order valence-electron chi connectivity index (χ4n) is 5.30. The van der Waals surface area contributed by atoms with E-state index in [4.69, 9.17) is 9.47 Å². The van der Waals surface area contributed by atoms with Gasteiger partial charge in [-0.2, -0.15) is 0 Å². The van der Waals surface area contributed by atoms with Gasteiger partial charge in [-0.05, 0) is 55.5 Å². The van der Waals surface area contributed by atoms with Gasteiger partial charge in [0.1, 0.15) is 17.5 Å². The molecule has 3 aliphatic heterocycles. The first-order valence-corrected chi connectivity index (χ1v) is 10.5. The fourth-order valence-corrected chi connectivity index (χ4v) is 5.30. The summed E-state index contributed by atoms with van der Waals surface area (Å²) in [5, 5.41) is 22.9. The first kappa shape index (κ1) is 18.2. The molecular formula is C22H25N5O3. The Morgan fingerprint density at radius 1 is 1.37 bits per heavy atom. The number of aliphatic hydroxyl groups is 1. The fraction of sp³-hybridized carbons (Fsp3) is 0.500. The third-order valence-electron chi connectivity index (χ3n) is 6.95. The van der Waals surface area contributed by atoms with Gasteiger partial charge in [0.05, 0.1) is 37.1 Å². The molecule has 30 heavy (non-hydrogen) atoms. The smallest absolute Gasteiger partial charge is 0.141 e. The lowest BCUT2D eigenvalue weighted by molar-refractivity contribution is 0.0529. The van der Waals surface area contributed by atoms with Crippen molar-refractivity contribution >= 4 is 10.9 Å². The quantitative estimate of drug-likeness (QED) is 0.667. The first-order valence-electron chi connectivity index (χ1n) is 10.5. The van der Waals surface area contributed by atoms with Crippen LogP contribution < -0.4 is 10.1 Å². The van der Waals surface area contributed by atoms with Gasteiger partial charge in [0.15, 0.2) is 0 Å². The van der Waals surface area contributed by atoms with E-state index in [0.29, 0.717) is 6.61 Å². The minimum atomic E-state index is -0.222. The third-order valence-corrected chi connectivity index (χ3v) is 6.95. The number of nitrogens with zero attached hydrogens (tertiary/aromatic N) is 4. The summed E-state index contributed by atoms with van der Waals surface area (Å²) in [4.78, 5) is 4.56. The number of rotatable bonds is 5. The Morgan fingerprint density at radius 2 is 2.27 bits per heavy atom. The van der Waals surface area contributed by atoms with Gasteiger partial charge in [-0.1, -0.05) is 5.21 Å². The SMILES string of the molecule is CC(Oc1ccc2ncc3c(c2c1)CCOC3)c1cn(C23CNC(CO)(C2)C3)nn1. The minimum Gasteiger partial charge on any atom is -0.484 e. The number of aromatic nitrogens is 4. The lowest BCUT2D eigenvalue weighted by Crippen LogP contribution is -2.55. The van der Waals surface area contributed by atoms with Crippen molar-refractivity contribution in [3.05, 3.63) is 47.4 Å². The molecule has 8 heteroatoms. The zero-order chi connectivity index (χ0) is 20.3. The summed E-state index contributed by atoms with van der Waals surface area (Å²) in [5.41, 5.74) is 4.05. The van der Waals surface area contributed by atoms with Crippen LogP contribution in [0, 0.1) is 0 Å². The van der Waals surface area contributed by atoms with Crippen LogP contribution in [0.2, 0.25) is 0 Å². The normalized spacial score (nSPS) is 28.2. The summed E-state index contributed by atoms with van der Waals surface area (Å²) in [7, 11) is 0. The summed E-state index contributed by atoms with van der Waals surface area (Å²) < 4.78 is 13.7. The first-order chi connectivity index (χ1) is 14.6. The monoisotopic (exact) mass is 407 g/mol. The molecule has 2 bridgehead atoms. The second-order valence-electron chi connectivity index (χ2n) is 8.96. The molecule has 5 heterocycles. The van der Waals surface area contributed by atoms with Gasteiger partial charge in [0.2, 0.25) is 0 Å². The van der Waals surface area contributed by atoms with E-state index >= 15 is 0 Å². The van der Waals surface area contributed by atoms with Crippen LogP contribution in [0.5, 0.6) is 5.75 Å². The number of fused-ring (bicyclic) bond motifs is 4. The lowest BCUT2D eigenvalue weighted by atomic mass is 9.68. The molecule has 1 aliphatic carbocycles. The highest BCUT2D eigenvalue weighted by molar-refractivity contribution is 5.84. The molecule has 3 aromatic rings. The maximum atomic E-state index is 9.59. The highest BCUT2D eigenvalue weighted by Crippen LogP contribution is 2.51. The second kappa shape index (κ2) is 6.47. The highest BCUT2D eigenvalue weighted by Gasteiger charge is 2.62. The van der Waals surface area contributed by atoms with Crippen molar-refractivity contribution in [3.8, 4) is 5.75 Å². The van der Waals surface area contributed by atoms with Crippen molar-refractivity contribution in [1.29, 1.82) is 0 Å². The zero-order valence-electron chi connectivity index (χ0n) is 17.0. The molecule has 0 radical (unpaired) electrons. The van der Waals surface area contributed by atoms with Crippen LogP contribution in [0.3, 0.4) is 0 Å². The van der Waals surface area contributed by atoms with Crippen LogP contribution in [0.15, 0.2) is 30.6 Å². The van der Waals surface area contributed by atoms with E-state index < -0.39 is 0 Å². The van der Waals surface area contributed by atoms with E-state index in [2.05, 4.69) is 26.7 Å². The number of pyridine rings is 1. The van der Waals surface area contributed by atoms with Crippen LogP contribution in [0.4, 0.5) is 0 Å². The van der Waals surface area contributed by atoms with Crippen molar-refractivity contribution in [2.24, 2.45) is 0 Å². The van der Waals surface area contributed by atoms with Crippen molar-refractivity contribution in [3.63, 3.8) is 0 Å². The summed E-state index contributed by atoms with van der Waals surface area (Å²) in [5.74, 6) is 0.801. The van der Waals surface area contributed by atoms with Crippen LogP contribution in [0.1, 0.15) is 42.7 Å². The summed E-state index contributed by atoms with van der Waals surface area (Å²) in [6, 6.07) is 6.05. The van der Waals surface area contributed by atoms with Crippen LogP contribution in [0.25, 0.3) is 10.9 Å². The number of aliphatic hydroxyl groups excluding tert-OH is 1. The molecule has 2 saturated heterocycles. The Labute approximate surface area is 174 Å². The summed E-state index contributed by atoms with van der Waals surface area (Å²) >= 11 is 0. The largest absolute Gasteiger partial charge is 0.484 e. The van der Waals surface area contributed by atoms with Crippen LogP contribution in [-0.2, 0) is 23.3 Å². The molecule has 0 spiro atoms. The van der Waals surface area contributed by atoms with E-state index in [0.717, 1.165) is 60.3 Å². The van der Waals surface area contributed by atoms with E-state index in [1.807, 2.05) is 36.1 Å². The van der Waals surface area contributed by atoms with Gasteiger partial charge in [-0.25, -0.2) is 4.68 Å². The minimum absolute atomic E-state index is 0.0660. The van der Waals surface area contributed by atoms with E-state index in [1.165, 1.54) is 5.56 Å². The average molecular weight is 407 g/mol. The molecule has 1 aromatic carbocycles. The Hall–Kier alpha value is -2.55. The highest BCUT2D eigenvalue weighted by atomic mass is 16.5. The average Bonchev–Trinajstić information content (AvgIpc) is 3.47. The van der Waals surface area contributed by atoms with E-state index in [9.17, 15) is 5.11 Å². The zero-order valence-corrected chi connectivity index (χ0v) is 17.0. The van der Waals surface area contributed by atoms with Gasteiger partial charge in [-0.3, -0.25) is 4.98 Å². The van der Waals surface area contributed by atoms with Gasteiger partial charge in [0, 0.05) is 23.7 Å². The molecule has 7 rings (SSSR count). The molecule has 0 amide bonds. The molecule has 1 atom stereocenters. The summed E-state index contributed by atoms with van der Waals surface area (Å²) in [6.45, 7) is 4.34. The lowest BCUT2D eigenvalue weighted by Gasteiger charge is -2.44. The Balaban J connectivity index is 1.23. The number of benzene rings is 1. The standard InChI is InChI=1S/C22H25N5O3/c1-14(20-8-27(26-25-20)22-10-21(11-22,13-28)24-12-22)30-16-2-3-19-18(6-16)17-4-5-29-9-15(17)7-23-19/h2-3,6-8,14,24,28H,4-5,9-13H2,1H3. The van der Waals surface area contributed by atoms with Gasteiger partial charge in [-0.15, -0.1) is 5.10 Å². The molecule has 2 aromatic heterocycles.